The molecule has 0 radical (unpaired) electrons. The number of phosphoric acid groups is 1. The normalized spacial score (nSPS) is 13.7. The van der Waals surface area contributed by atoms with Gasteiger partial charge in [-0.3, -0.25) is 9.36 Å². The first kappa shape index (κ1) is 77.2. The van der Waals surface area contributed by atoms with Gasteiger partial charge in [-0.05, 0) is 19.3 Å². The topological polar surface area (TPSA) is 108 Å². The Morgan fingerprint density at radius 3 is 0.962 bits per heavy atom. The highest BCUT2D eigenvalue weighted by atomic mass is 31.2. The highest BCUT2D eigenvalue weighted by molar-refractivity contribution is 7.45. The van der Waals surface area contributed by atoms with Crippen molar-refractivity contribution in [2.24, 2.45) is 0 Å². The van der Waals surface area contributed by atoms with Crippen LogP contribution in [0.5, 0.6) is 0 Å². The van der Waals surface area contributed by atoms with Crippen LogP contribution in [0.4, 0.5) is 0 Å². The lowest BCUT2D eigenvalue weighted by Gasteiger charge is -2.29. The Bertz CT molecular complexity index is 1280. The van der Waals surface area contributed by atoms with Gasteiger partial charge in [0, 0.05) is 6.42 Å². The molecule has 0 saturated heterocycles. The summed E-state index contributed by atoms with van der Waals surface area (Å²) >= 11 is 0. The molecule has 0 fully saturated rings. The van der Waals surface area contributed by atoms with Gasteiger partial charge >= 0.3 is 0 Å². The number of allylic oxidation sites excluding steroid dienone is 1. The first-order valence-corrected chi connectivity index (χ1v) is 36.5. The fourth-order valence-electron chi connectivity index (χ4n) is 11.0. The summed E-state index contributed by atoms with van der Waals surface area (Å²) in [6.45, 7) is 4.72. The van der Waals surface area contributed by atoms with Crippen LogP contribution in [-0.2, 0) is 18.4 Å². The van der Waals surface area contributed by atoms with E-state index in [2.05, 4.69) is 19.2 Å². The van der Waals surface area contributed by atoms with E-state index in [0.29, 0.717) is 17.4 Å². The van der Waals surface area contributed by atoms with Gasteiger partial charge in [-0.15, -0.1) is 0 Å². The number of quaternary nitrogens is 1. The molecule has 78 heavy (non-hydrogen) atoms. The maximum Gasteiger partial charge on any atom is 0.268 e. The monoisotopic (exact) mass is 1120 g/mol. The number of carbonyl (C=O) groups is 1. The SMILES string of the molecule is CCCCCCCCCCCCCCCCCCCCCCCCCCC/C=C/C(O)C(COP(=O)([O-])OCC[N+](C)(C)C)NC(=O)CCCCCCCCCCCCCCCCCCCCCCCCCCCCCCC. The maximum absolute atomic E-state index is 13.0. The lowest BCUT2D eigenvalue weighted by Crippen LogP contribution is -2.45. The Hall–Kier alpha value is -0.760. The fraction of sp³-hybridized carbons (Fsp3) is 0.957. The Kier molecular flexibility index (Phi) is 60.2. The number of nitrogens with one attached hydrogen (secondary N) is 1. The van der Waals surface area contributed by atoms with Gasteiger partial charge < -0.3 is 28.8 Å². The number of hydrogen-bond acceptors (Lipinski definition) is 6. The Balaban J connectivity index is 4.03. The van der Waals surface area contributed by atoms with Crippen LogP contribution in [0, 0.1) is 0 Å². The molecule has 1 amide bonds. The van der Waals surface area contributed by atoms with Crippen molar-refractivity contribution in [3.63, 3.8) is 0 Å². The van der Waals surface area contributed by atoms with Crippen LogP contribution in [0.2, 0.25) is 0 Å². The van der Waals surface area contributed by atoms with Gasteiger partial charge in [0.1, 0.15) is 13.2 Å². The summed E-state index contributed by atoms with van der Waals surface area (Å²) < 4.78 is 23.5. The van der Waals surface area contributed by atoms with Crippen molar-refractivity contribution >= 4 is 13.7 Å². The third-order valence-corrected chi connectivity index (χ3v) is 17.5. The first-order valence-electron chi connectivity index (χ1n) is 35.1. The minimum atomic E-state index is -4.60. The number of carbonyl (C=O) groups excluding carboxylic acids is 1. The van der Waals surface area contributed by atoms with Gasteiger partial charge in [0.25, 0.3) is 7.82 Å². The van der Waals surface area contributed by atoms with E-state index in [-0.39, 0.29) is 19.1 Å². The second-order valence-corrected chi connectivity index (χ2v) is 27.0. The second kappa shape index (κ2) is 60.8. The molecule has 0 aliphatic rings. The van der Waals surface area contributed by atoms with Crippen LogP contribution in [0.3, 0.4) is 0 Å². The second-order valence-electron chi connectivity index (χ2n) is 25.6. The van der Waals surface area contributed by atoms with Gasteiger partial charge in [0.2, 0.25) is 5.91 Å². The number of unbranched alkanes of at least 4 members (excludes halogenated alkanes) is 53. The molecular formula is C69H139N2O6P. The molecule has 0 spiro atoms. The van der Waals surface area contributed by atoms with Crippen LogP contribution in [0.15, 0.2) is 12.2 Å². The number of amides is 1. The molecular weight excluding hydrogens is 984 g/mol. The standard InChI is InChI=1S/C69H139N2O6P/c1-6-8-10-12-14-16-18-20-22-24-26-28-30-32-34-35-37-39-41-43-45-47-49-51-53-55-57-59-61-63-69(73)70-67(66-77-78(74,75)76-65-64-71(3,4)5)68(72)62-60-58-56-54-52-50-48-46-44-42-40-38-36-33-31-29-27-25-23-21-19-17-15-13-11-9-7-2/h60,62,67-68,72H,6-59,61,63-66H2,1-5H3,(H-,70,73,74,75)/b62-60+. The van der Waals surface area contributed by atoms with Gasteiger partial charge in [0.05, 0.1) is 39.9 Å². The molecule has 8 nitrogen and oxygen atoms in total. The molecule has 0 aromatic heterocycles. The highest BCUT2D eigenvalue weighted by Gasteiger charge is 2.23. The van der Waals surface area contributed by atoms with Crippen LogP contribution in [0.25, 0.3) is 0 Å². The van der Waals surface area contributed by atoms with E-state index in [1.807, 2.05) is 27.2 Å². The van der Waals surface area contributed by atoms with E-state index in [1.54, 1.807) is 6.08 Å². The van der Waals surface area contributed by atoms with Crippen LogP contribution in [-0.4, -0.2) is 68.5 Å². The largest absolute Gasteiger partial charge is 0.756 e. The summed E-state index contributed by atoms with van der Waals surface area (Å²) in [6, 6.07) is -0.884. The van der Waals surface area contributed by atoms with Crippen LogP contribution < -0.4 is 10.2 Å². The zero-order valence-electron chi connectivity index (χ0n) is 53.4. The Morgan fingerprint density at radius 2 is 0.692 bits per heavy atom. The van der Waals surface area contributed by atoms with Crippen LogP contribution >= 0.6 is 7.82 Å². The summed E-state index contributed by atoms with van der Waals surface area (Å²) in [4.78, 5) is 25.6. The number of aliphatic hydroxyl groups is 1. The zero-order chi connectivity index (χ0) is 57.0. The average Bonchev–Trinajstić information content (AvgIpc) is 3.41. The van der Waals surface area contributed by atoms with E-state index in [9.17, 15) is 19.4 Å². The van der Waals surface area contributed by atoms with Gasteiger partial charge in [-0.25, -0.2) is 0 Å². The van der Waals surface area contributed by atoms with Crippen molar-refractivity contribution in [3.05, 3.63) is 12.2 Å². The number of aliphatic hydroxyl groups excluding tert-OH is 1. The van der Waals surface area contributed by atoms with E-state index in [1.165, 1.54) is 315 Å². The summed E-state index contributed by atoms with van der Waals surface area (Å²) in [7, 11) is 1.28. The van der Waals surface area contributed by atoms with E-state index in [4.69, 9.17) is 9.05 Å². The highest BCUT2D eigenvalue weighted by Crippen LogP contribution is 2.38. The van der Waals surface area contributed by atoms with Gasteiger partial charge in [0.15, 0.2) is 0 Å². The number of hydrogen-bond donors (Lipinski definition) is 2. The molecule has 466 valence electrons. The number of phosphoric ester groups is 1. The van der Waals surface area contributed by atoms with Crippen molar-refractivity contribution in [2.45, 2.75) is 386 Å². The third-order valence-electron chi connectivity index (χ3n) is 16.5. The first-order chi connectivity index (χ1) is 38.0. The summed E-state index contributed by atoms with van der Waals surface area (Å²) in [5.41, 5.74) is 0. The molecule has 0 bridgehead atoms. The predicted molar refractivity (Wildman–Crippen MR) is 339 cm³/mol. The molecule has 0 saturated carbocycles. The molecule has 0 aliphatic heterocycles. The van der Waals surface area contributed by atoms with Gasteiger partial charge in [-0.2, -0.15) is 0 Å². The van der Waals surface area contributed by atoms with Crippen molar-refractivity contribution in [1.29, 1.82) is 0 Å². The Labute approximate surface area is 488 Å². The van der Waals surface area contributed by atoms with E-state index < -0.39 is 20.0 Å². The van der Waals surface area contributed by atoms with Crippen LogP contribution in [0.1, 0.15) is 373 Å². The lowest BCUT2D eigenvalue weighted by atomic mass is 10.0. The number of nitrogens with zero attached hydrogens (tertiary/aromatic N) is 1. The zero-order valence-corrected chi connectivity index (χ0v) is 54.3. The molecule has 3 unspecified atom stereocenters. The molecule has 0 aliphatic carbocycles. The predicted octanol–water partition coefficient (Wildman–Crippen LogP) is 21.5. The Morgan fingerprint density at radius 1 is 0.436 bits per heavy atom. The number of rotatable bonds is 66. The van der Waals surface area contributed by atoms with E-state index >= 15 is 0 Å². The van der Waals surface area contributed by atoms with E-state index in [0.717, 1.165) is 38.5 Å². The smallest absolute Gasteiger partial charge is 0.268 e. The molecule has 2 N–H and O–H groups in total. The summed E-state index contributed by atoms with van der Waals surface area (Å²) in [5, 5.41) is 14.0. The molecule has 0 heterocycles. The molecule has 3 atom stereocenters. The number of likely N-dealkylation sites (N-methyl/N-ethyl adjacent to an activating group) is 1. The molecule has 9 heteroatoms. The lowest BCUT2D eigenvalue weighted by molar-refractivity contribution is -0.870. The molecule has 0 aromatic rings. The summed E-state index contributed by atoms with van der Waals surface area (Å²) in [6.07, 6.45) is 77.6. The van der Waals surface area contributed by atoms with Crippen molar-refractivity contribution in [3.8, 4) is 0 Å². The van der Waals surface area contributed by atoms with Crippen molar-refractivity contribution < 1.29 is 32.9 Å². The summed E-state index contributed by atoms with van der Waals surface area (Å²) in [5.74, 6) is -0.187. The van der Waals surface area contributed by atoms with Crippen molar-refractivity contribution in [1.82, 2.24) is 5.32 Å². The molecule has 0 rings (SSSR count). The fourth-order valence-corrected chi connectivity index (χ4v) is 11.8. The minimum absolute atomic E-state index is 0.00302. The average molecular weight is 1120 g/mol. The minimum Gasteiger partial charge on any atom is -0.756 e. The third kappa shape index (κ3) is 62.8. The van der Waals surface area contributed by atoms with Gasteiger partial charge in [-0.1, -0.05) is 360 Å². The van der Waals surface area contributed by atoms with Crippen molar-refractivity contribution in [2.75, 3.05) is 40.9 Å². The quantitative estimate of drug-likeness (QED) is 0.0272. The maximum atomic E-state index is 13.0. The molecule has 0 aromatic carbocycles.